The van der Waals surface area contributed by atoms with Gasteiger partial charge in [0.2, 0.25) is 5.96 Å². The third kappa shape index (κ3) is 5.59. The number of carboxylic acid groups (broad SMARTS) is 1. The number of piperazine rings is 1. The lowest BCUT2D eigenvalue weighted by molar-refractivity contribution is -0.138. The lowest BCUT2D eigenvalue weighted by atomic mass is 9.96. The first kappa shape index (κ1) is 28.1. The second-order valence-electron chi connectivity index (χ2n) is 9.63. The molecule has 1 atom stereocenters. The van der Waals surface area contributed by atoms with Crippen molar-refractivity contribution in [2.24, 2.45) is 4.99 Å². The number of guanidine groups is 1. The van der Waals surface area contributed by atoms with Crippen molar-refractivity contribution < 1.29 is 36.9 Å². The Hall–Kier alpha value is -4.48. The molecule has 3 aromatic rings. The molecule has 0 aromatic heterocycles. The Bertz CT molecular complexity index is 1470. The van der Waals surface area contributed by atoms with Gasteiger partial charge in [-0.2, -0.15) is 13.2 Å². The van der Waals surface area contributed by atoms with Crippen molar-refractivity contribution in [2.45, 2.75) is 18.6 Å². The molecule has 2 aliphatic heterocycles. The molecule has 41 heavy (non-hydrogen) atoms. The molecule has 0 saturated carbocycles. The van der Waals surface area contributed by atoms with Gasteiger partial charge in [-0.1, -0.05) is 12.1 Å². The molecule has 216 valence electrons. The SMILES string of the molecule is COc1cccc(N2CCN(C3=Nc4cccc(F)c4C(CC(=O)O)N3c3cc(C(F)(F)F)ccc3OC)CC2)c1. The third-order valence-corrected chi connectivity index (χ3v) is 7.23. The Morgan fingerprint density at radius 3 is 2.34 bits per heavy atom. The van der Waals surface area contributed by atoms with Crippen molar-refractivity contribution in [2.75, 3.05) is 50.2 Å². The topological polar surface area (TPSA) is 77.8 Å². The molecule has 2 aliphatic rings. The van der Waals surface area contributed by atoms with E-state index in [1.54, 1.807) is 13.2 Å². The van der Waals surface area contributed by atoms with Crippen molar-refractivity contribution in [3.63, 3.8) is 0 Å². The van der Waals surface area contributed by atoms with E-state index in [1.807, 2.05) is 29.2 Å². The summed E-state index contributed by atoms with van der Waals surface area (Å²) in [4.78, 5) is 22.1. The number of aliphatic carboxylic acids is 1. The average Bonchev–Trinajstić information content (AvgIpc) is 2.96. The molecular formula is C29H28F4N4O4. The van der Waals surface area contributed by atoms with Crippen molar-refractivity contribution in [1.82, 2.24) is 4.90 Å². The number of rotatable bonds is 6. The largest absolute Gasteiger partial charge is 0.497 e. The van der Waals surface area contributed by atoms with E-state index >= 15 is 4.39 Å². The number of aliphatic imine (C=N–C) groups is 1. The molecule has 2 heterocycles. The molecule has 0 aliphatic carbocycles. The van der Waals surface area contributed by atoms with E-state index in [9.17, 15) is 23.1 Å². The highest BCUT2D eigenvalue weighted by Crippen LogP contribution is 2.46. The summed E-state index contributed by atoms with van der Waals surface area (Å²) in [5.41, 5.74) is 0.152. The number of benzene rings is 3. The van der Waals surface area contributed by atoms with Crippen LogP contribution in [0.5, 0.6) is 11.5 Å². The van der Waals surface area contributed by atoms with Crippen molar-refractivity contribution in [3.8, 4) is 11.5 Å². The Morgan fingerprint density at radius 1 is 0.976 bits per heavy atom. The number of carboxylic acids is 1. The van der Waals surface area contributed by atoms with Crippen molar-refractivity contribution >= 4 is 29.0 Å². The minimum absolute atomic E-state index is 0.00636. The van der Waals surface area contributed by atoms with Crippen LogP contribution in [0.3, 0.4) is 0 Å². The summed E-state index contributed by atoms with van der Waals surface area (Å²) < 4.78 is 67.5. The number of carbonyl (C=O) groups is 1. The maximum Gasteiger partial charge on any atom is 0.416 e. The van der Waals surface area contributed by atoms with Crippen molar-refractivity contribution in [1.29, 1.82) is 0 Å². The predicted molar refractivity (Wildman–Crippen MR) is 146 cm³/mol. The second-order valence-corrected chi connectivity index (χ2v) is 9.63. The minimum Gasteiger partial charge on any atom is -0.497 e. The van der Waals surface area contributed by atoms with Crippen LogP contribution in [0, 0.1) is 5.82 Å². The molecule has 0 amide bonds. The minimum atomic E-state index is -4.68. The molecule has 1 saturated heterocycles. The second kappa shape index (κ2) is 11.2. The van der Waals surface area contributed by atoms with Crippen LogP contribution in [0.2, 0.25) is 0 Å². The molecule has 1 fully saturated rings. The van der Waals surface area contributed by atoms with Gasteiger partial charge in [0, 0.05) is 43.5 Å². The Kier molecular flexibility index (Phi) is 7.65. The number of hydrogen-bond acceptors (Lipinski definition) is 7. The molecule has 0 spiro atoms. The van der Waals surface area contributed by atoms with Crippen LogP contribution in [0.15, 0.2) is 65.7 Å². The summed E-state index contributed by atoms with van der Waals surface area (Å²) in [6, 6.07) is 13.6. The lowest BCUT2D eigenvalue weighted by Crippen LogP contribution is -2.55. The van der Waals surface area contributed by atoms with Gasteiger partial charge in [-0.25, -0.2) is 9.38 Å². The van der Waals surface area contributed by atoms with Crippen LogP contribution < -0.4 is 19.3 Å². The average molecular weight is 573 g/mol. The molecule has 1 unspecified atom stereocenters. The van der Waals surface area contributed by atoms with Crippen LogP contribution in [-0.4, -0.2) is 62.3 Å². The van der Waals surface area contributed by atoms with Gasteiger partial charge in [0.15, 0.2) is 0 Å². The molecule has 1 N–H and O–H groups in total. The van der Waals surface area contributed by atoms with E-state index in [0.717, 1.165) is 17.8 Å². The van der Waals surface area contributed by atoms with E-state index < -0.39 is 36.0 Å². The molecule has 12 heteroatoms. The molecule has 0 bridgehead atoms. The first-order valence-corrected chi connectivity index (χ1v) is 12.9. The Labute approximate surface area is 234 Å². The number of alkyl halides is 3. The van der Waals surface area contributed by atoms with Gasteiger partial charge in [0.25, 0.3) is 0 Å². The molecule has 5 rings (SSSR count). The predicted octanol–water partition coefficient (Wildman–Crippen LogP) is 5.71. The fourth-order valence-electron chi connectivity index (χ4n) is 5.27. The number of anilines is 2. The van der Waals surface area contributed by atoms with Gasteiger partial charge in [-0.15, -0.1) is 0 Å². The summed E-state index contributed by atoms with van der Waals surface area (Å²) >= 11 is 0. The fourth-order valence-corrected chi connectivity index (χ4v) is 5.27. The van der Waals surface area contributed by atoms with E-state index in [4.69, 9.17) is 14.5 Å². The van der Waals surface area contributed by atoms with Crippen molar-refractivity contribution in [3.05, 3.63) is 77.6 Å². The van der Waals surface area contributed by atoms with Gasteiger partial charge in [0.05, 0.1) is 43.6 Å². The highest BCUT2D eigenvalue weighted by molar-refractivity contribution is 6.02. The van der Waals surface area contributed by atoms with Gasteiger partial charge in [-0.05, 0) is 42.5 Å². The van der Waals surface area contributed by atoms with Crippen LogP contribution in [0.1, 0.15) is 23.6 Å². The summed E-state index contributed by atoms with van der Waals surface area (Å²) in [5.74, 6) is -0.952. The summed E-state index contributed by atoms with van der Waals surface area (Å²) in [5, 5.41) is 9.83. The maximum absolute atomic E-state index is 15.3. The monoisotopic (exact) mass is 572 g/mol. The van der Waals surface area contributed by atoms with Crippen LogP contribution in [0.25, 0.3) is 0 Å². The number of hydrogen-bond donors (Lipinski definition) is 1. The van der Waals surface area contributed by atoms with E-state index in [-0.39, 0.29) is 28.6 Å². The van der Waals surface area contributed by atoms with Gasteiger partial charge < -0.3 is 29.3 Å². The third-order valence-electron chi connectivity index (χ3n) is 7.23. The Morgan fingerprint density at radius 2 is 1.68 bits per heavy atom. The number of fused-ring (bicyclic) bond motifs is 1. The lowest BCUT2D eigenvalue weighted by Gasteiger charge is -2.45. The van der Waals surface area contributed by atoms with Crippen LogP contribution in [0.4, 0.5) is 34.6 Å². The summed E-state index contributed by atoms with van der Waals surface area (Å²) in [6.45, 7) is 1.91. The smallest absolute Gasteiger partial charge is 0.416 e. The molecule has 3 aromatic carbocycles. The first-order valence-electron chi connectivity index (χ1n) is 12.9. The number of nitrogens with zero attached hydrogens (tertiary/aromatic N) is 4. The van der Waals surface area contributed by atoms with E-state index in [0.29, 0.717) is 31.9 Å². The zero-order valence-electron chi connectivity index (χ0n) is 22.4. The zero-order chi connectivity index (χ0) is 29.3. The molecular weight excluding hydrogens is 544 g/mol. The van der Waals surface area contributed by atoms with Gasteiger partial charge >= 0.3 is 12.1 Å². The number of halogens is 4. The summed E-state index contributed by atoms with van der Waals surface area (Å²) in [6.07, 6.45) is -5.27. The molecule has 8 nitrogen and oxygen atoms in total. The zero-order valence-corrected chi connectivity index (χ0v) is 22.4. The highest BCUT2D eigenvalue weighted by atomic mass is 19.4. The van der Waals surface area contributed by atoms with Gasteiger partial charge in [0.1, 0.15) is 17.3 Å². The van der Waals surface area contributed by atoms with Crippen LogP contribution in [-0.2, 0) is 11.0 Å². The normalized spacial score (nSPS) is 17.2. The Balaban J connectivity index is 1.60. The fraction of sp³-hybridized carbons (Fsp3) is 0.310. The number of ether oxygens (including phenoxy) is 2. The maximum atomic E-state index is 15.3. The molecule has 0 radical (unpaired) electrons. The van der Waals surface area contributed by atoms with Crippen LogP contribution >= 0.6 is 0 Å². The van der Waals surface area contributed by atoms with E-state index in [1.165, 1.54) is 30.2 Å². The van der Waals surface area contributed by atoms with Gasteiger partial charge in [-0.3, -0.25) is 4.79 Å². The van der Waals surface area contributed by atoms with E-state index in [2.05, 4.69) is 4.90 Å². The highest BCUT2D eigenvalue weighted by Gasteiger charge is 2.40. The number of methoxy groups -OCH3 is 2. The first-order chi connectivity index (χ1) is 19.6. The quantitative estimate of drug-likeness (QED) is 0.380. The standard InChI is InChI=1S/C29H28F4N4O4/c1-40-20-6-3-5-19(16-20)35-11-13-36(14-12-35)28-34-22-8-4-7-21(30)27(22)24(17-26(38)39)37(28)23-15-18(29(31,32)33)9-10-25(23)41-2/h3-10,15-16,24H,11-14,17H2,1-2H3,(H,38,39). The summed E-state index contributed by atoms with van der Waals surface area (Å²) in [7, 11) is 2.89.